The summed E-state index contributed by atoms with van der Waals surface area (Å²) >= 11 is 0. The number of nitrogen functional groups attached to an aromatic ring is 1. The molecule has 0 spiro atoms. The molecule has 0 atom stereocenters. The third-order valence-electron chi connectivity index (χ3n) is 3.02. The molecule has 0 radical (unpaired) electrons. The van der Waals surface area contributed by atoms with Crippen molar-refractivity contribution in [3.63, 3.8) is 0 Å². The average molecular weight is 381 g/mol. The number of hydrogen-bond acceptors (Lipinski definition) is 6. The maximum absolute atomic E-state index is 12.8. The van der Waals surface area contributed by atoms with Gasteiger partial charge >= 0.3 is 12.4 Å². The molecule has 142 valence electrons. The van der Waals surface area contributed by atoms with Crippen LogP contribution in [0.1, 0.15) is 17.0 Å². The molecule has 0 fully saturated rings. The molecule has 1 heterocycles. The highest BCUT2D eigenvalue weighted by Gasteiger charge is 2.37. The highest BCUT2D eigenvalue weighted by Crippen LogP contribution is 2.38. The van der Waals surface area contributed by atoms with Crippen LogP contribution in [0.5, 0.6) is 5.75 Å². The molecule has 1 aromatic carbocycles. The molecule has 0 aliphatic carbocycles. The first-order valence-corrected chi connectivity index (χ1v) is 6.96. The predicted octanol–water partition coefficient (Wildman–Crippen LogP) is 3.14. The van der Waals surface area contributed by atoms with E-state index in [2.05, 4.69) is 15.0 Å². The second kappa shape index (κ2) is 6.84. The van der Waals surface area contributed by atoms with Gasteiger partial charge in [0.15, 0.2) is 5.82 Å². The molecule has 0 saturated heterocycles. The van der Waals surface area contributed by atoms with Crippen LogP contribution in [-0.4, -0.2) is 29.0 Å². The SMILES string of the molecule is CN(C)c1nc(N)nc(COc2cc(C(F)(F)F)cc(C(F)(F)F)c2)n1. The number of alkyl halides is 6. The second-order valence-corrected chi connectivity index (χ2v) is 5.33. The topological polar surface area (TPSA) is 77.2 Å². The molecule has 26 heavy (non-hydrogen) atoms. The van der Waals surface area contributed by atoms with Crippen molar-refractivity contribution < 1.29 is 31.1 Å². The minimum atomic E-state index is -4.96. The van der Waals surface area contributed by atoms with E-state index in [9.17, 15) is 26.3 Å². The first kappa shape index (κ1) is 19.5. The van der Waals surface area contributed by atoms with Crippen molar-refractivity contribution in [3.8, 4) is 5.75 Å². The Hall–Kier alpha value is -2.79. The summed E-state index contributed by atoms with van der Waals surface area (Å²) in [6, 6.07) is 0.942. The van der Waals surface area contributed by atoms with Gasteiger partial charge in [0.05, 0.1) is 11.1 Å². The number of ether oxygens (including phenoxy) is 1. The number of rotatable bonds is 4. The van der Waals surface area contributed by atoms with E-state index in [-0.39, 0.29) is 23.8 Å². The van der Waals surface area contributed by atoms with Crippen LogP contribution >= 0.6 is 0 Å². The Bertz CT molecular complexity index is 758. The fourth-order valence-corrected chi connectivity index (χ4v) is 1.85. The van der Waals surface area contributed by atoms with E-state index in [1.165, 1.54) is 4.90 Å². The Balaban J connectivity index is 2.32. The van der Waals surface area contributed by atoms with Crippen LogP contribution in [0.15, 0.2) is 18.2 Å². The smallest absolute Gasteiger partial charge is 0.416 e. The minimum absolute atomic E-state index is 0.0118. The summed E-state index contributed by atoms with van der Waals surface area (Å²) in [5, 5.41) is 0. The van der Waals surface area contributed by atoms with Gasteiger partial charge in [-0.05, 0) is 18.2 Å². The van der Waals surface area contributed by atoms with E-state index < -0.39 is 35.8 Å². The van der Waals surface area contributed by atoms with Crippen LogP contribution < -0.4 is 15.4 Å². The van der Waals surface area contributed by atoms with E-state index in [1.54, 1.807) is 14.1 Å². The Kier molecular flexibility index (Phi) is 5.14. The lowest BCUT2D eigenvalue weighted by Crippen LogP contribution is -2.17. The standard InChI is InChI=1S/C14H13F6N5O/c1-25(2)12-23-10(22-11(21)24-12)6-26-9-4-7(13(15,16)17)3-8(5-9)14(18,19)20/h3-5H,6H2,1-2H3,(H2,21,22,23,24). The van der Waals surface area contributed by atoms with E-state index in [1.807, 2.05) is 0 Å². The van der Waals surface area contributed by atoms with Crippen molar-refractivity contribution in [2.24, 2.45) is 0 Å². The number of anilines is 2. The average Bonchev–Trinajstić information content (AvgIpc) is 2.50. The zero-order valence-corrected chi connectivity index (χ0v) is 13.5. The van der Waals surface area contributed by atoms with Gasteiger partial charge in [0.1, 0.15) is 12.4 Å². The van der Waals surface area contributed by atoms with Gasteiger partial charge in [-0.3, -0.25) is 0 Å². The lowest BCUT2D eigenvalue weighted by atomic mass is 10.1. The minimum Gasteiger partial charge on any atom is -0.486 e. The summed E-state index contributed by atoms with van der Waals surface area (Å²) in [6.07, 6.45) is -9.93. The van der Waals surface area contributed by atoms with Crippen molar-refractivity contribution >= 4 is 11.9 Å². The summed E-state index contributed by atoms with van der Waals surface area (Å²) in [6.45, 7) is -0.494. The summed E-state index contributed by atoms with van der Waals surface area (Å²) in [5.41, 5.74) is 2.53. The normalized spacial score (nSPS) is 12.2. The van der Waals surface area contributed by atoms with Gasteiger partial charge in [0.2, 0.25) is 11.9 Å². The van der Waals surface area contributed by atoms with Crippen molar-refractivity contribution in [3.05, 3.63) is 35.2 Å². The molecule has 0 bridgehead atoms. The highest BCUT2D eigenvalue weighted by atomic mass is 19.4. The molecule has 2 aromatic rings. The Morgan fingerprint density at radius 1 is 0.923 bits per heavy atom. The van der Waals surface area contributed by atoms with Crippen molar-refractivity contribution in [2.75, 3.05) is 24.7 Å². The molecule has 0 aliphatic rings. The summed E-state index contributed by atoms with van der Waals surface area (Å²) in [7, 11) is 3.23. The maximum Gasteiger partial charge on any atom is 0.416 e. The summed E-state index contributed by atoms with van der Waals surface area (Å²) < 4.78 is 81.9. The zero-order chi connectivity index (χ0) is 19.7. The Labute approximate surface area is 143 Å². The Morgan fingerprint density at radius 3 is 1.92 bits per heavy atom. The lowest BCUT2D eigenvalue weighted by molar-refractivity contribution is -0.143. The molecular weight excluding hydrogens is 368 g/mol. The molecule has 12 heteroatoms. The first-order chi connectivity index (χ1) is 11.9. The van der Waals surface area contributed by atoms with Gasteiger partial charge < -0.3 is 15.4 Å². The van der Waals surface area contributed by atoms with E-state index in [0.717, 1.165) is 0 Å². The first-order valence-electron chi connectivity index (χ1n) is 6.96. The van der Waals surface area contributed by atoms with Crippen LogP contribution in [0.3, 0.4) is 0 Å². The van der Waals surface area contributed by atoms with Gasteiger partial charge in [-0.25, -0.2) is 0 Å². The number of aromatic nitrogens is 3. The quantitative estimate of drug-likeness (QED) is 0.820. The van der Waals surface area contributed by atoms with E-state index in [4.69, 9.17) is 10.5 Å². The number of nitrogens with two attached hydrogens (primary N) is 1. The fourth-order valence-electron chi connectivity index (χ4n) is 1.85. The number of benzene rings is 1. The maximum atomic E-state index is 12.8. The van der Waals surface area contributed by atoms with Crippen LogP contribution in [0.4, 0.5) is 38.2 Å². The van der Waals surface area contributed by atoms with Crippen LogP contribution in [0.2, 0.25) is 0 Å². The third-order valence-corrected chi connectivity index (χ3v) is 3.02. The largest absolute Gasteiger partial charge is 0.486 e. The van der Waals surface area contributed by atoms with Gasteiger partial charge in [0, 0.05) is 14.1 Å². The zero-order valence-electron chi connectivity index (χ0n) is 13.5. The lowest BCUT2D eigenvalue weighted by Gasteiger charge is -2.15. The number of nitrogens with zero attached hydrogens (tertiary/aromatic N) is 4. The summed E-state index contributed by atoms with van der Waals surface area (Å²) in [4.78, 5) is 13.0. The molecular formula is C14H13F6N5O. The van der Waals surface area contributed by atoms with Crippen molar-refractivity contribution in [1.29, 1.82) is 0 Å². The van der Waals surface area contributed by atoms with Gasteiger partial charge in [-0.15, -0.1) is 0 Å². The van der Waals surface area contributed by atoms with Gasteiger partial charge in [0.25, 0.3) is 0 Å². The molecule has 2 N–H and O–H groups in total. The summed E-state index contributed by atoms with van der Waals surface area (Å²) in [5.74, 6) is -0.678. The molecule has 0 aliphatic heterocycles. The van der Waals surface area contributed by atoms with Crippen molar-refractivity contribution in [2.45, 2.75) is 19.0 Å². The van der Waals surface area contributed by atoms with Gasteiger partial charge in [-0.2, -0.15) is 41.3 Å². The van der Waals surface area contributed by atoms with E-state index >= 15 is 0 Å². The third kappa shape index (κ3) is 4.86. The fraction of sp³-hybridized carbons (Fsp3) is 0.357. The predicted molar refractivity (Wildman–Crippen MR) is 79.3 cm³/mol. The molecule has 0 saturated carbocycles. The number of hydrogen-bond donors (Lipinski definition) is 1. The van der Waals surface area contributed by atoms with E-state index in [0.29, 0.717) is 12.1 Å². The van der Waals surface area contributed by atoms with Crippen LogP contribution in [-0.2, 0) is 19.0 Å². The van der Waals surface area contributed by atoms with Gasteiger partial charge in [-0.1, -0.05) is 0 Å². The highest BCUT2D eigenvalue weighted by molar-refractivity contribution is 5.38. The van der Waals surface area contributed by atoms with Crippen molar-refractivity contribution in [1.82, 2.24) is 15.0 Å². The van der Waals surface area contributed by atoms with Crippen LogP contribution in [0, 0.1) is 0 Å². The molecule has 0 unspecified atom stereocenters. The molecule has 0 amide bonds. The number of halogens is 6. The van der Waals surface area contributed by atoms with Crippen LogP contribution in [0.25, 0.3) is 0 Å². The second-order valence-electron chi connectivity index (χ2n) is 5.33. The molecule has 1 aromatic heterocycles. The monoisotopic (exact) mass is 381 g/mol. The molecule has 6 nitrogen and oxygen atoms in total. The Morgan fingerprint density at radius 2 is 1.46 bits per heavy atom. The molecule has 2 rings (SSSR count).